The third-order valence-corrected chi connectivity index (χ3v) is 5.60. The van der Waals surface area contributed by atoms with E-state index in [1.54, 1.807) is 34.5 Å². The fraction of sp³-hybridized carbons (Fsp3) is 0.174. The van der Waals surface area contributed by atoms with E-state index in [4.69, 9.17) is 0 Å². The smallest absolute Gasteiger partial charge is 0.289 e. The zero-order valence-electron chi connectivity index (χ0n) is 17.9. The van der Waals surface area contributed by atoms with Crippen LogP contribution in [0.25, 0.3) is 5.65 Å². The quantitative estimate of drug-likeness (QED) is 0.277. The van der Waals surface area contributed by atoms with Crippen molar-refractivity contribution in [3.63, 3.8) is 0 Å². The van der Waals surface area contributed by atoms with E-state index in [9.17, 15) is 9.59 Å². The molecule has 3 heterocycles. The predicted octanol–water partition coefficient (Wildman–Crippen LogP) is 3.42. The molecule has 0 saturated carbocycles. The van der Waals surface area contributed by atoms with Crippen LogP contribution in [0.5, 0.6) is 0 Å². The van der Waals surface area contributed by atoms with Crippen LogP contribution in [-0.4, -0.2) is 31.2 Å². The van der Waals surface area contributed by atoms with Crippen LogP contribution in [0.3, 0.4) is 0 Å². The molecular formula is C23H22N6O2S. The number of nitrogens with zero attached hydrogens (tertiary/aromatic N) is 4. The molecule has 162 valence electrons. The van der Waals surface area contributed by atoms with Gasteiger partial charge in [0.25, 0.3) is 11.8 Å². The van der Waals surface area contributed by atoms with Crippen molar-refractivity contribution in [2.24, 2.45) is 0 Å². The Morgan fingerprint density at radius 3 is 2.31 bits per heavy atom. The predicted molar refractivity (Wildman–Crippen MR) is 122 cm³/mol. The van der Waals surface area contributed by atoms with Crippen LogP contribution in [0.1, 0.15) is 43.4 Å². The van der Waals surface area contributed by atoms with Gasteiger partial charge in [-0.15, -0.1) is 0 Å². The molecule has 2 amide bonds. The molecule has 8 nitrogen and oxygen atoms in total. The molecule has 2 N–H and O–H groups in total. The Bertz CT molecular complexity index is 1280. The van der Waals surface area contributed by atoms with Crippen molar-refractivity contribution in [1.29, 1.82) is 0 Å². The summed E-state index contributed by atoms with van der Waals surface area (Å²) in [6.45, 7) is 5.84. The summed E-state index contributed by atoms with van der Waals surface area (Å²) in [5.41, 5.74) is 10.1. The van der Waals surface area contributed by atoms with Gasteiger partial charge >= 0.3 is 0 Å². The average molecular weight is 447 g/mol. The Balaban J connectivity index is 1.32. The number of carbonyl (C=O) groups excluding carboxylic acids is 2. The topological polar surface area (TPSA) is 101 Å². The van der Waals surface area contributed by atoms with Crippen molar-refractivity contribution >= 4 is 29.2 Å². The first kappa shape index (κ1) is 21.5. The fourth-order valence-electron chi connectivity index (χ4n) is 3.10. The Morgan fingerprint density at radius 1 is 0.906 bits per heavy atom. The van der Waals surface area contributed by atoms with Crippen LogP contribution in [0.15, 0.2) is 60.0 Å². The molecule has 4 rings (SSSR count). The summed E-state index contributed by atoms with van der Waals surface area (Å²) in [6.07, 6.45) is 3.45. The highest BCUT2D eigenvalue weighted by atomic mass is 32.2. The van der Waals surface area contributed by atoms with Gasteiger partial charge in [-0.2, -0.15) is 0 Å². The number of hydrogen-bond donors (Lipinski definition) is 2. The van der Waals surface area contributed by atoms with Crippen LogP contribution in [-0.2, 0) is 5.75 Å². The monoisotopic (exact) mass is 446 g/mol. The molecule has 0 aliphatic heterocycles. The molecule has 32 heavy (non-hydrogen) atoms. The molecule has 0 unspecified atom stereocenters. The van der Waals surface area contributed by atoms with E-state index in [2.05, 4.69) is 25.8 Å². The lowest BCUT2D eigenvalue weighted by atomic mass is 10.1. The van der Waals surface area contributed by atoms with E-state index in [-0.39, 0.29) is 5.69 Å². The second-order valence-electron chi connectivity index (χ2n) is 7.42. The van der Waals surface area contributed by atoms with E-state index < -0.39 is 11.8 Å². The second-order valence-corrected chi connectivity index (χ2v) is 8.37. The minimum absolute atomic E-state index is 0.219. The molecule has 0 aliphatic rings. The molecule has 0 radical (unpaired) electrons. The van der Waals surface area contributed by atoms with Crippen LogP contribution < -0.4 is 10.9 Å². The van der Waals surface area contributed by atoms with Crippen molar-refractivity contribution < 1.29 is 9.59 Å². The van der Waals surface area contributed by atoms with E-state index in [1.807, 2.05) is 57.3 Å². The van der Waals surface area contributed by atoms with Crippen LogP contribution in [0.4, 0.5) is 0 Å². The molecule has 0 aliphatic carbocycles. The Hall–Kier alpha value is -3.72. The summed E-state index contributed by atoms with van der Waals surface area (Å²) in [4.78, 5) is 37.8. The molecule has 0 atom stereocenters. The molecule has 9 heteroatoms. The van der Waals surface area contributed by atoms with E-state index >= 15 is 0 Å². The fourth-order valence-corrected chi connectivity index (χ4v) is 4.01. The molecule has 0 saturated heterocycles. The van der Waals surface area contributed by atoms with Gasteiger partial charge in [-0.1, -0.05) is 23.9 Å². The number of rotatable bonds is 5. The Morgan fingerprint density at radius 2 is 1.59 bits per heavy atom. The van der Waals surface area contributed by atoms with Crippen LogP contribution >= 0.6 is 11.8 Å². The number of fused-ring (bicyclic) bond motifs is 1. The van der Waals surface area contributed by atoms with Gasteiger partial charge in [0.05, 0.1) is 0 Å². The summed E-state index contributed by atoms with van der Waals surface area (Å²) in [5.74, 6) is -0.203. The van der Waals surface area contributed by atoms with Crippen molar-refractivity contribution in [3.8, 4) is 0 Å². The molecule has 4 aromatic rings. The van der Waals surface area contributed by atoms with Crippen molar-refractivity contribution in [1.82, 2.24) is 30.2 Å². The van der Waals surface area contributed by atoms with Gasteiger partial charge in [0, 0.05) is 35.1 Å². The maximum absolute atomic E-state index is 12.4. The van der Waals surface area contributed by atoms with Gasteiger partial charge in [0.2, 0.25) is 0 Å². The lowest BCUT2D eigenvalue weighted by molar-refractivity contribution is 0.0844. The van der Waals surface area contributed by atoms with Crippen molar-refractivity contribution in [3.05, 3.63) is 88.6 Å². The van der Waals surface area contributed by atoms with Crippen molar-refractivity contribution in [2.45, 2.75) is 31.7 Å². The minimum atomic E-state index is -0.485. The highest BCUT2D eigenvalue weighted by Crippen LogP contribution is 2.20. The van der Waals surface area contributed by atoms with Crippen molar-refractivity contribution in [2.75, 3.05) is 0 Å². The highest BCUT2D eigenvalue weighted by molar-refractivity contribution is 7.98. The lowest BCUT2D eigenvalue weighted by Gasteiger charge is -2.07. The maximum atomic E-state index is 12.4. The summed E-state index contributed by atoms with van der Waals surface area (Å²) in [7, 11) is 0. The minimum Gasteiger partial charge on any atom is -0.306 e. The third-order valence-electron chi connectivity index (χ3n) is 4.68. The summed E-state index contributed by atoms with van der Waals surface area (Å²) < 4.78 is 1.75. The van der Waals surface area contributed by atoms with E-state index in [0.717, 1.165) is 27.7 Å². The van der Waals surface area contributed by atoms with Crippen LogP contribution in [0, 0.1) is 20.8 Å². The average Bonchev–Trinajstić information content (AvgIpc) is 3.19. The lowest BCUT2D eigenvalue weighted by Crippen LogP contribution is -2.41. The Kier molecular flexibility index (Phi) is 6.18. The first-order valence-corrected chi connectivity index (χ1v) is 11.0. The van der Waals surface area contributed by atoms with Gasteiger partial charge in [-0.25, -0.2) is 15.0 Å². The maximum Gasteiger partial charge on any atom is 0.289 e. The number of pyridine rings is 1. The largest absolute Gasteiger partial charge is 0.306 e. The molecule has 0 bridgehead atoms. The molecule has 1 aromatic carbocycles. The summed E-state index contributed by atoms with van der Waals surface area (Å²) in [5, 5.41) is 0.731. The number of hydrazine groups is 1. The van der Waals surface area contributed by atoms with Gasteiger partial charge in [-0.05, 0) is 62.2 Å². The first-order valence-electron chi connectivity index (χ1n) is 9.97. The van der Waals surface area contributed by atoms with E-state index in [0.29, 0.717) is 17.0 Å². The number of aryl methyl sites for hydroxylation is 3. The SMILES string of the molecule is Cc1ccn2cc(C(=O)NNC(=O)c3ccc(CSc4nc(C)cc(C)n4)cc3)nc2c1. The number of amides is 2. The van der Waals surface area contributed by atoms with Gasteiger partial charge < -0.3 is 4.40 Å². The van der Waals surface area contributed by atoms with Gasteiger partial charge in [-0.3, -0.25) is 20.4 Å². The standard InChI is InChI=1S/C23H22N6O2S/c1-14-8-9-29-12-19(26-20(29)10-14)22(31)28-27-21(30)18-6-4-17(5-7-18)13-32-23-24-15(2)11-16(3)25-23/h4-12H,13H2,1-3H3,(H,27,30)(H,28,31). The van der Waals surface area contributed by atoms with Crippen LogP contribution in [0.2, 0.25) is 0 Å². The third kappa shape index (κ3) is 5.12. The summed E-state index contributed by atoms with van der Waals surface area (Å²) in [6, 6.07) is 12.9. The number of nitrogens with one attached hydrogen (secondary N) is 2. The number of benzene rings is 1. The molecular weight excluding hydrogens is 424 g/mol. The number of imidazole rings is 1. The van der Waals surface area contributed by atoms with E-state index in [1.165, 1.54) is 0 Å². The highest BCUT2D eigenvalue weighted by Gasteiger charge is 2.13. The zero-order chi connectivity index (χ0) is 22.7. The summed E-state index contributed by atoms with van der Waals surface area (Å²) >= 11 is 1.54. The normalized spacial score (nSPS) is 10.8. The first-order chi connectivity index (χ1) is 15.4. The second kappa shape index (κ2) is 9.19. The molecule has 0 fully saturated rings. The molecule has 0 spiro atoms. The number of thioether (sulfide) groups is 1. The number of carbonyl (C=O) groups is 2. The zero-order valence-corrected chi connectivity index (χ0v) is 18.7. The van der Waals surface area contributed by atoms with Gasteiger partial charge in [0.15, 0.2) is 5.16 Å². The van der Waals surface area contributed by atoms with Gasteiger partial charge in [0.1, 0.15) is 11.3 Å². The number of hydrogen-bond acceptors (Lipinski definition) is 6. The number of aromatic nitrogens is 4. The molecule has 3 aromatic heterocycles. The Labute approximate surface area is 189 Å².